The summed E-state index contributed by atoms with van der Waals surface area (Å²) in [5.41, 5.74) is 1.66. The van der Waals surface area contributed by atoms with Gasteiger partial charge in [-0.05, 0) is 39.7 Å². The lowest BCUT2D eigenvalue weighted by Crippen LogP contribution is -2.07. The topological polar surface area (TPSA) is 42.0 Å². The molecule has 1 heterocycles. The van der Waals surface area contributed by atoms with Crippen LogP contribution in [0.3, 0.4) is 0 Å². The van der Waals surface area contributed by atoms with E-state index in [4.69, 9.17) is 0 Å². The lowest BCUT2D eigenvalue weighted by Gasteiger charge is -2.00. The van der Waals surface area contributed by atoms with Crippen molar-refractivity contribution in [1.29, 1.82) is 0 Å². The molecule has 1 N–H and O–H groups in total. The van der Waals surface area contributed by atoms with E-state index in [1.54, 1.807) is 24.4 Å². The monoisotopic (exact) mass is 302 g/mol. The number of nitrogens with one attached hydrogen (secondary N) is 1. The minimum atomic E-state index is -0.178. The van der Waals surface area contributed by atoms with Crippen LogP contribution in [0.5, 0.6) is 0 Å². The Morgan fingerprint density at radius 1 is 1.17 bits per heavy atom. The van der Waals surface area contributed by atoms with E-state index in [1.165, 1.54) is 6.08 Å². The summed E-state index contributed by atoms with van der Waals surface area (Å²) in [6, 6.07) is 13.2. The van der Waals surface area contributed by atoms with E-state index in [9.17, 15) is 4.79 Å². The van der Waals surface area contributed by atoms with Crippen molar-refractivity contribution in [3.05, 3.63) is 64.9 Å². The number of nitrogens with zero attached hydrogens (tertiary/aromatic N) is 1. The molecule has 90 valence electrons. The van der Waals surface area contributed by atoms with Crippen LogP contribution in [0.1, 0.15) is 5.56 Å². The molecule has 0 aliphatic heterocycles. The van der Waals surface area contributed by atoms with Crippen LogP contribution >= 0.6 is 15.9 Å². The first-order valence-corrected chi connectivity index (χ1v) is 6.19. The Labute approximate surface area is 114 Å². The summed E-state index contributed by atoms with van der Waals surface area (Å²) in [6.45, 7) is 0. The molecule has 0 aliphatic carbocycles. The maximum absolute atomic E-state index is 11.6. The maximum Gasteiger partial charge on any atom is 0.248 e. The van der Waals surface area contributed by atoms with E-state index in [-0.39, 0.29) is 5.91 Å². The zero-order chi connectivity index (χ0) is 12.8. The summed E-state index contributed by atoms with van der Waals surface area (Å²) in [6.07, 6.45) is 4.86. The Morgan fingerprint density at radius 3 is 2.61 bits per heavy atom. The number of pyridine rings is 1. The van der Waals surface area contributed by atoms with Gasteiger partial charge >= 0.3 is 0 Å². The standard InChI is InChI=1S/C14H11BrN2O/c15-13-8-7-12(10-16-13)17-14(18)9-6-11-4-2-1-3-5-11/h1-10H,(H,17,18)/b9-6+. The fourth-order valence-electron chi connectivity index (χ4n) is 1.37. The molecule has 2 aromatic rings. The Balaban J connectivity index is 1.97. The molecular weight excluding hydrogens is 292 g/mol. The average Bonchev–Trinajstić information content (AvgIpc) is 2.40. The number of carbonyl (C=O) groups excluding carboxylic acids is 1. The summed E-state index contributed by atoms with van der Waals surface area (Å²) in [4.78, 5) is 15.7. The third-order valence-corrected chi connectivity index (χ3v) is 2.69. The van der Waals surface area contributed by atoms with Gasteiger partial charge in [0.05, 0.1) is 11.9 Å². The molecule has 3 nitrogen and oxygen atoms in total. The predicted molar refractivity (Wildman–Crippen MR) is 76.0 cm³/mol. The highest BCUT2D eigenvalue weighted by atomic mass is 79.9. The maximum atomic E-state index is 11.6. The van der Waals surface area contributed by atoms with Crippen LogP contribution in [0.4, 0.5) is 5.69 Å². The van der Waals surface area contributed by atoms with Crippen LogP contribution in [-0.2, 0) is 4.79 Å². The van der Waals surface area contributed by atoms with Gasteiger partial charge in [0.1, 0.15) is 4.60 Å². The highest BCUT2D eigenvalue weighted by molar-refractivity contribution is 9.10. The Kier molecular flexibility index (Phi) is 4.25. The van der Waals surface area contributed by atoms with Gasteiger partial charge in [0, 0.05) is 6.08 Å². The fraction of sp³-hybridized carbons (Fsp3) is 0. The second-order valence-electron chi connectivity index (χ2n) is 3.60. The third kappa shape index (κ3) is 3.82. The SMILES string of the molecule is O=C(/C=C/c1ccccc1)Nc1ccc(Br)nc1. The molecule has 0 bridgehead atoms. The van der Waals surface area contributed by atoms with Gasteiger partial charge in [-0.15, -0.1) is 0 Å². The van der Waals surface area contributed by atoms with Gasteiger partial charge < -0.3 is 5.32 Å². The van der Waals surface area contributed by atoms with Crippen LogP contribution < -0.4 is 5.32 Å². The minimum absolute atomic E-state index is 0.178. The molecule has 0 aliphatic rings. The average molecular weight is 303 g/mol. The van der Waals surface area contributed by atoms with E-state index in [2.05, 4.69) is 26.2 Å². The number of hydrogen-bond acceptors (Lipinski definition) is 2. The van der Waals surface area contributed by atoms with Crippen LogP contribution in [0.2, 0.25) is 0 Å². The second-order valence-corrected chi connectivity index (χ2v) is 4.42. The fourth-order valence-corrected chi connectivity index (χ4v) is 1.60. The van der Waals surface area contributed by atoms with E-state index in [0.29, 0.717) is 5.69 Å². The second kappa shape index (κ2) is 6.12. The smallest absolute Gasteiger partial charge is 0.248 e. The Bertz CT molecular complexity index is 550. The number of halogens is 1. The summed E-state index contributed by atoms with van der Waals surface area (Å²) >= 11 is 3.24. The van der Waals surface area contributed by atoms with Gasteiger partial charge in [0.2, 0.25) is 5.91 Å². The molecule has 4 heteroatoms. The summed E-state index contributed by atoms with van der Waals surface area (Å²) in [5, 5.41) is 2.73. The summed E-state index contributed by atoms with van der Waals surface area (Å²) < 4.78 is 0.736. The number of aromatic nitrogens is 1. The van der Waals surface area contributed by atoms with Crippen molar-refractivity contribution in [3.8, 4) is 0 Å². The van der Waals surface area contributed by atoms with Crippen molar-refractivity contribution in [2.75, 3.05) is 5.32 Å². The molecule has 0 saturated carbocycles. The van der Waals surface area contributed by atoms with Gasteiger partial charge in [0.15, 0.2) is 0 Å². The number of rotatable bonds is 3. The Morgan fingerprint density at radius 2 is 1.94 bits per heavy atom. The lowest BCUT2D eigenvalue weighted by molar-refractivity contribution is -0.111. The molecule has 0 spiro atoms. The zero-order valence-corrected chi connectivity index (χ0v) is 11.1. The van der Waals surface area contributed by atoms with E-state index in [0.717, 1.165) is 10.2 Å². The number of amides is 1. The van der Waals surface area contributed by atoms with Crippen molar-refractivity contribution in [3.63, 3.8) is 0 Å². The molecular formula is C14H11BrN2O. The summed E-state index contributed by atoms with van der Waals surface area (Å²) in [7, 11) is 0. The Hall–Kier alpha value is -1.94. The first-order valence-electron chi connectivity index (χ1n) is 5.40. The molecule has 0 fully saturated rings. The van der Waals surface area contributed by atoms with E-state index in [1.807, 2.05) is 30.3 Å². The quantitative estimate of drug-likeness (QED) is 0.696. The number of carbonyl (C=O) groups is 1. The van der Waals surface area contributed by atoms with Crippen molar-refractivity contribution < 1.29 is 4.79 Å². The first-order chi connectivity index (χ1) is 8.74. The van der Waals surface area contributed by atoms with Gasteiger partial charge in [-0.25, -0.2) is 4.98 Å². The molecule has 18 heavy (non-hydrogen) atoms. The normalized spacial score (nSPS) is 10.5. The molecule has 2 rings (SSSR count). The third-order valence-electron chi connectivity index (χ3n) is 2.22. The number of benzene rings is 1. The van der Waals surface area contributed by atoms with Crippen LogP contribution in [0, 0.1) is 0 Å². The highest BCUT2D eigenvalue weighted by Crippen LogP contribution is 2.10. The van der Waals surface area contributed by atoms with Gasteiger partial charge in [-0.3, -0.25) is 4.79 Å². The highest BCUT2D eigenvalue weighted by Gasteiger charge is 1.97. The molecule has 0 radical (unpaired) electrons. The van der Waals surface area contributed by atoms with Crippen LogP contribution in [-0.4, -0.2) is 10.9 Å². The zero-order valence-electron chi connectivity index (χ0n) is 9.51. The number of hydrogen-bond donors (Lipinski definition) is 1. The van der Waals surface area contributed by atoms with Crippen molar-refractivity contribution >= 4 is 33.6 Å². The molecule has 1 aromatic heterocycles. The summed E-state index contributed by atoms with van der Waals surface area (Å²) in [5.74, 6) is -0.178. The van der Waals surface area contributed by atoms with Crippen molar-refractivity contribution in [2.45, 2.75) is 0 Å². The van der Waals surface area contributed by atoms with E-state index < -0.39 is 0 Å². The van der Waals surface area contributed by atoms with Crippen molar-refractivity contribution in [2.24, 2.45) is 0 Å². The number of anilines is 1. The molecule has 1 aromatic carbocycles. The minimum Gasteiger partial charge on any atom is -0.321 e. The van der Waals surface area contributed by atoms with E-state index >= 15 is 0 Å². The van der Waals surface area contributed by atoms with Gasteiger partial charge in [-0.1, -0.05) is 30.3 Å². The first kappa shape index (κ1) is 12.5. The van der Waals surface area contributed by atoms with Crippen LogP contribution in [0.15, 0.2) is 59.3 Å². The van der Waals surface area contributed by atoms with Gasteiger partial charge in [-0.2, -0.15) is 0 Å². The largest absolute Gasteiger partial charge is 0.321 e. The molecule has 0 atom stereocenters. The van der Waals surface area contributed by atoms with Gasteiger partial charge in [0.25, 0.3) is 0 Å². The van der Waals surface area contributed by atoms with Crippen molar-refractivity contribution in [1.82, 2.24) is 4.98 Å². The predicted octanol–water partition coefficient (Wildman–Crippen LogP) is 3.50. The lowest BCUT2D eigenvalue weighted by atomic mass is 10.2. The molecule has 0 saturated heterocycles. The molecule has 0 unspecified atom stereocenters. The van der Waals surface area contributed by atoms with Crippen LogP contribution in [0.25, 0.3) is 6.08 Å². The molecule has 1 amide bonds.